The van der Waals surface area contributed by atoms with Gasteiger partial charge in [0.1, 0.15) is 6.10 Å². The summed E-state index contributed by atoms with van der Waals surface area (Å²) in [6.07, 6.45) is 1.77. The Balaban J connectivity index is 2.36. The molecule has 1 saturated heterocycles. The fraction of sp³-hybridized carbons (Fsp3) is 0.455. The third-order valence-corrected chi connectivity index (χ3v) is 2.70. The molecule has 2 rings (SSSR count). The third-order valence-electron chi connectivity index (χ3n) is 2.70. The molecule has 0 aromatic carbocycles. The molecule has 1 fully saturated rings. The van der Waals surface area contributed by atoms with E-state index in [9.17, 15) is 14.4 Å². The molecule has 0 radical (unpaired) electrons. The first-order valence-corrected chi connectivity index (χ1v) is 5.66. The summed E-state index contributed by atoms with van der Waals surface area (Å²) in [6, 6.07) is 0. The molecule has 0 spiro atoms. The molecule has 0 bridgehead atoms. The van der Waals surface area contributed by atoms with Crippen LogP contribution < -0.4 is 11.3 Å². The van der Waals surface area contributed by atoms with Crippen molar-refractivity contribution in [1.29, 1.82) is 0 Å². The standard InChI is InChI=1S/C11H13N3O5/c1-6(15)19-7-2-5-18-11(7)14-4-3-13-8(9(12)16)10(14)17/h3-4,7,11H,2,5H2,1H3,(H2,12,16)/t7-,11-/m1/s1. The molecule has 0 unspecified atom stereocenters. The van der Waals surface area contributed by atoms with Crippen LogP contribution in [0.4, 0.5) is 0 Å². The summed E-state index contributed by atoms with van der Waals surface area (Å²) >= 11 is 0. The maximum atomic E-state index is 12.0. The number of amides is 1. The molecule has 2 heterocycles. The highest BCUT2D eigenvalue weighted by Gasteiger charge is 2.33. The second-order valence-electron chi connectivity index (χ2n) is 4.05. The van der Waals surface area contributed by atoms with E-state index in [1.54, 1.807) is 0 Å². The predicted octanol–water partition coefficient (Wildman–Crippen LogP) is -0.807. The largest absolute Gasteiger partial charge is 0.458 e. The van der Waals surface area contributed by atoms with Crippen molar-refractivity contribution in [1.82, 2.24) is 9.55 Å². The predicted molar refractivity (Wildman–Crippen MR) is 62.2 cm³/mol. The lowest BCUT2D eigenvalue weighted by Crippen LogP contribution is -2.36. The van der Waals surface area contributed by atoms with E-state index in [4.69, 9.17) is 15.2 Å². The summed E-state index contributed by atoms with van der Waals surface area (Å²) in [7, 11) is 0. The third kappa shape index (κ3) is 2.63. The van der Waals surface area contributed by atoms with Crippen molar-refractivity contribution in [3.05, 3.63) is 28.4 Å². The summed E-state index contributed by atoms with van der Waals surface area (Å²) in [5.74, 6) is -1.38. The molecular formula is C11H13N3O5. The van der Waals surface area contributed by atoms with Gasteiger partial charge < -0.3 is 15.2 Å². The number of carbonyl (C=O) groups is 2. The summed E-state index contributed by atoms with van der Waals surface area (Å²) < 4.78 is 11.6. The molecule has 8 nitrogen and oxygen atoms in total. The van der Waals surface area contributed by atoms with E-state index in [1.807, 2.05) is 0 Å². The summed E-state index contributed by atoms with van der Waals surface area (Å²) in [6.45, 7) is 1.63. The van der Waals surface area contributed by atoms with Gasteiger partial charge in [-0.3, -0.25) is 19.0 Å². The van der Waals surface area contributed by atoms with Crippen molar-refractivity contribution in [2.75, 3.05) is 6.61 Å². The summed E-state index contributed by atoms with van der Waals surface area (Å²) in [5.41, 5.74) is 4.01. The van der Waals surface area contributed by atoms with Crippen LogP contribution in [-0.2, 0) is 14.3 Å². The van der Waals surface area contributed by atoms with Crippen LogP contribution in [0.15, 0.2) is 17.2 Å². The van der Waals surface area contributed by atoms with Crippen LogP contribution in [0.25, 0.3) is 0 Å². The number of carbonyl (C=O) groups excluding carboxylic acids is 2. The van der Waals surface area contributed by atoms with Crippen LogP contribution >= 0.6 is 0 Å². The van der Waals surface area contributed by atoms with Gasteiger partial charge >= 0.3 is 5.97 Å². The molecule has 1 aliphatic heterocycles. The highest BCUT2D eigenvalue weighted by atomic mass is 16.6. The van der Waals surface area contributed by atoms with Crippen molar-refractivity contribution in [3.8, 4) is 0 Å². The van der Waals surface area contributed by atoms with Crippen LogP contribution in [0, 0.1) is 0 Å². The van der Waals surface area contributed by atoms with Gasteiger partial charge in [-0.2, -0.15) is 0 Å². The summed E-state index contributed by atoms with van der Waals surface area (Å²) in [4.78, 5) is 37.7. The van der Waals surface area contributed by atoms with Gasteiger partial charge in [0.05, 0.1) is 6.61 Å². The number of nitrogens with zero attached hydrogens (tertiary/aromatic N) is 2. The SMILES string of the molecule is CC(=O)O[C@@H]1CCO[C@H]1n1ccnc(C(N)=O)c1=O. The van der Waals surface area contributed by atoms with Crippen molar-refractivity contribution in [2.45, 2.75) is 25.7 Å². The maximum absolute atomic E-state index is 12.0. The highest BCUT2D eigenvalue weighted by molar-refractivity contribution is 5.90. The molecule has 0 aliphatic carbocycles. The zero-order valence-corrected chi connectivity index (χ0v) is 10.2. The number of rotatable bonds is 3. The average molecular weight is 267 g/mol. The van der Waals surface area contributed by atoms with E-state index in [2.05, 4.69) is 4.98 Å². The smallest absolute Gasteiger partial charge is 0.303 e. The number of aromatic nitrogens is 2. The number of hydrogen-bond acceptors (Lipinski definition) is 6. The minimum atomic E-state index is -0.915. The Bertz CT molecular complexity index is 568. The molecule has 1 aromatic heterocycles. The second-order valence-corrected chi connectivity index (χ2v) is 4.05. The Morgan fingerprint density at radius 3 is 2.95 bits per heavy atom. The molecule has 102 valence electrons. The van der Waals surface area contributed by atoms with Gasteiger partial charge in [0.25, 0.3) is 11.5 Å². The molecule has 1 aromatic rings. The Hall–Kier alpha value is -2.22. The normalized spacial score (nSPS) is 22.2. The zero-order valence-electron chi connectivity index (χ0n) is 10.2. The Morgan fingerprint density at radius 2 is 2.32 bits per heavy atom. The van der Waals surface area contributed by atoms with E-state index < -0.39 is 29.8 Å². The fourth-order valence-corrected chi connectivity index (χ4v) is 1.94. The van der Waals surface area contributed by atoms with E-state index in [0.717, 1.165) is 4.57 Å². The summed E-state index contributed by atoms with van der Waals surface area (Å²) in [5, 5.41) is 0. The molecule has 1 aliphatic rings. The molecule has 2 N–H and O–H groups in total. The highest BCUT2D eigenvalue weighted by Crippen LogP contribution is 2.25. The van der Waals surface area contributed by atoms with Crippen LogP contribution in [0.5, 0.6) is 0 Å². The molecular weight excluding hydrogens is 254 g/mol. The Labute approximate surface area is 108 Å². The fourth-order valence-electron chi connectivity index (χ4n) is 1.94. The van der Waals surface area contributed by atoms with E-state index >= 15 is 0 Å². The number of esters is 1. The molecule has 1 amide bonds. The van der Waals surface area contributed by atoms with Crippen LogP contribution in [0.3, 0.4) is 0 Å². The van der Waals surface area contributed by atoms with Gasteiger partial charge in [-0.25, -0.2) is 4.98 Å². The van der Waals surface area contributed by atoms with Gasteiger partial charge in [0.2, 0.25) is 0 Å². The van der Waals surface area contributed by atoms with E-state index in [1.165, 1.54) is 19.3 Å². The quantitative estimate of drug-likeness (QED) is 0.717. The first kappa shape index (κ1) is 13.2. The van der Waals surface area contributed by atoms with E-state index in [0.29, 0.717) is 13.0 Å². The topological polar surface area (TPSA) is 114 Å². The molecule has 0 saturated carbocycles. The lowest BCUT2D eigenvalue weighted by Gasteiger charge is -2.20. The average Bonchev–Trinajstić information content (AvgIpc) is 2.76. The minimum absolute atomic E-state index is 0.350. The van der Waals surface area contributed by atoms with Gasteiger partial charge in [0, 0.05) is 25.7 Å². The zero-order chi connectivity index (χ0) is 14.0. The number of nitrogens with two attached hydrogens (primary N) is 1. The first-order chi connectivity index (χ1) is 9.00. The number of ether oxygens (including phenoxy) is 2. The van der Waals surface area contributed by atoms with Gasteiger partial charge in [0.15, 0.2) is 11.9 Å². The van der Waals surface area contributed by atoms with E-state index in [-0.39, 0.29) is 5.69 Å². The minimum Gasteiger partial charge on any atom is -0.458 e. The van der Waals surface area contributed by atoms with Crippen molar-refractivity contribution in [3.63, 3.8) is 0 Å². The van der Waals surface area contributed by atoms with Gasteiger partial charge in [-0.15, -0.1) is 0 Å². The Kier molecular flexibility index (Phi) is 3.61. The van der Waals surface area contributed by atoms with Crippen molar-refractivity contribution < 1.29 is 19.1 Å². The molecule has 8 heteroatoms. The number of primary amides is 1. The van der Waals surface area contributed by atoms with Gasteiger partial charge in [-0.05, 0) is 0 Å². The molecule has 19 heavy (non-hydrogen) atoms. The maximum Gasteiger partial charge on any atom is 0.303 e. The monoisotopic (exact) mass is 267 g/mol. The van der Waals surface area contributed by atoms with Crippen molar-refractivity contribution in [2.24, 2.45) is 5.73 Å². The Morgan fingerprint density at radius 1 is 1.58 bits per heavy atom. The van der Waals surface area contributed by atoms with Crippen LogP contribution in [-0.4, -0.2) is 34.1 Å². The van der Waals surface area contributed by atoms with Crippen LogP contribution in [0.1, 0.15) is 30.1 Å². The van der Waals surface area contributed by atoms with Gasteiger partial charge in [-0.1, -0.05) is 0 Å². The lowest BCUT2D eigenvalue weighted by atomic mass is 10.2. The van der Waals surface area contributed by atoms with Crippen molar-refractivity contribution >= 4 is 11.9 Å². The van der Waals surface area contributed by atoms with Crippen LogP contribution in [0.2, 0.25) is 0 Å². The second kappa shape index (κ2) is 5.19. The lowest BCUT2D eigenvalue weighted by molar-refractivity contribution is -0.151. The molecule has 2 atom stereocenters. The first-order valence-electron chi connectivity index (χ1n) is 5.66. The number of hydrogen-bond donors (Lipinski definition) is 1.